The van der Waals surface area contributed by atoms with Crippen molar-refractivity contribution < 1.29 is 4.74 Å². The van der Waals surface area contributed by atoms with Gasteiger partial charge in [0.15, 0.2) is 0 Å². The lowest BCUT2D eigenvalue weighted by Gasteiger charge is -2.22. The zero-order valence-corrected chi connectivity index (χ0v) is 11.7. The fourth-order valence-electron chi connectivity index (χ4n) is 1.73. The number of nitrogens with two attached hydrogens (primary N) is 1. The number of hydrogen-bond donors (Lipinski definition) is 1. The summed E-state index contributed by atoms with van der Waals surface area (Å²) in [6.07, 6.45) is 1.06. The standard InChI is InChI=1S/C15H25NO/c1-6-13(10-16)17-14-8-7-12(9-11(14)2)15(3,4)5/h7-9,13H,6,10,16H2,1-5H3. The van der Waals surface area contributed by atoms with Crippen molar-refractivity contribution in [3.63, 3.8) is 0 Å². The Kier molecular flexibility index (Phi) is 4.58. The molecular formula is C15H25NO. The summed E-state index contributed by atoms with van der Waals surface area (Å²) in [5.74, 6) is 0.954. The van der Waals surface area contributed by atoms with Crippen LogP contribution in [0.1, 0.15) is 45.2 Å². The average Bonchev–Trinajstić information content (AvgIpc) is 2.26. The second-order valence-corrected chi connectivity index (χ2v) is 5.61. The predicted octanol–water partition coefficient (Wildman–Crippen LogP) is 3.41. The lowest BCUT2D eigenvalue weighted by molar-refractivity contribution is 0.204. The molecule has 0 aliphatic rings. The van der Waals surface area contributed by atoms with E-state index in [-0.39, 0.29) is 11.5 Å². The molecule has 2 N–H and O–H groups in total. The van der Waals surface area contributed by atoms with Crippen molar-refractivity contribution in [3.8, 4) is 5.75 Å². The Balaban J connectivity index is 2.90. The molecule has 1 unspecified atom stereocenters. The number of ether oxygens (including phenoxy) is 1. The maximum atomic E-state index is 5.89. The normalized spacial score (nSPS) is 13.5. The van der Waals surface area contributed by atoms with Gasteiger partial charge < -0.3 is 10.5 Å². The summed E-state index contributed by atoms with van der Waals surface area (Å²) in [7, 11) is 0. The van der Waals surface area contributed by atoms with Crippen molar-refractivity contribution in [2.75, 3.05) is 6.54 Å². The van der Waals surface area contributed by atoms with Gasteiger partial charge in [-0.15, -0.1) is 0 Å². The molecular weight excluding hydrogens is 210 g/mol. The smallest absolute Gasteiger partial charge is 0.122 e. The molecule has 0 saturated heterocycles. The zero-order chi connectivity index (χ0) is 13.1. The summed E-state index contributed by atoms with van der Waals surface area (Å²) in [6.45, 7) is 11.4. The van der Waals surface area contributed by atoms with Gasteiger partial charge in [0.1, 0.15) is 11.9 Å². The predicted molar refractivity (Wildman–Crippen MR) is 73.6 cm³/mol. The molecule has 0 radical (unpaired) electrons. The van der Waals surface area contributed by atoms with Gasteiger partial charge in [-0.05, 0) is 36.0 Å². The average molecular weight is 235 g/mol. The SMILES string of the molecule is CCC(CN)Oc1ccc(C(C)(C)C)cc1C. The van der Waals surface area contributed by atoms with Crippen molar-refractivity contribution in [2.24, 2.45) is 5.73 Å². The van der Waals surface area contributed by atoms with Crippen LogP contribution in [0, 0.1) is 6.92 Å². The quantitative estimate of drug-likeness (QED) is 0.868. The van der Waals surface area contributed by atoms with Crippen LogP contribution in [-0.2, 0) is 5.41 Å². The monoisotopic (exact) mass is 235 g/mol. The van der Waals surface area contributed by atoms with E-state index in [9.17, 15) is 0 Å². The first-order valence-electron chi connectivity index (χ1n) is 6.36. The van der Waals surface area contributed by atoms with E-state index in [2.05, 4.69) is 52.8 Å². The molecule has 1 rings (SSSR count). The second-order valence-electron chi connectivity index (χ2n) is 5.61. The third-order valence-electron chi connectivity index (χ3n) is 3.05. The molecule has 0 aliphatic heterocycles. The molecule has 1 aromatic rings. The maximum Gasteiger partial charge on any atom is 0.122 e. The van der Waals surface area contributed by atoms with Crippen molar-refractivity contribution >= 4 is 0 Å². The van der Waals surface area contributed by atoms with Gasteiger partial charge >= 0.3 is 0 Å². The first kappa shape index (κ1) is 14.0. The minimum absolute atomic E-state index is 0.120. The molecule has 2 nitrogen and oxygen atoms in total. The molecule has 1 atom stereocenters. The molecule has 0 aromatic heterocycles. The Bertz CT molecular complexity index is 362. The van der Waals surface area contributed by atoms with Crippen LogP contribution in [0.2, 0.25) is 0 Å². The Morgan fingerprint density at radius 3 is 2.35 bits per heavy atom. The lowest BCUT2D eigenvalue weighted by atomic mass is 9.86. The van der Waals surface area contributed by atoms with E-state index in [1.54, 1.807) is 0 Å². The Morgan fingerprint density at radius 1 is 1.29 bits per heavy atom. The van der Waals surface area contributed by atoms with Crippen LogP contribution in [0.25, 0.3) is 0 Å². The summed E-state index contributed by atoms with van der Waals surface area (Å²) in [5, 5.41) is 0. The molecule has 96 valence electrons. The van der Waals surface area contributed by atoms with Crippen LogP contribution in [0.5, 0.6) is 5.75 Å². The van der Waals surface area contributed by atoms with E-state index in [0.717, 1.165) is 12.2 Å². The topological polar surface area (TPSA) is 35.2 Å². The minimum Gasteiger partial charge on any atom is -0.489 e. The highest BCUT2D eigenvalue weighted by molar-refractivity contribution is 5.38. The van der Waals surface area contributed by atoms with Crippen LogP contribution >= 0.6 is 0 Å². The molecule has 0 heterocycles. The van der Waals surface area contributed by atoms with Gasteiger partial charge in [0, 0.05) is 6.54 Å². The van der Waals surface area contributed by atoms with E-state index in [1.807, 2.05) is 0 Å². The first-order valence-corrected chi connectivity index (χ1v) is 6.36. The van der Waals surface area contributed by atoms with Gasteiger partial charge in [-0.3, -0.25) is 0 Å². The van der Waals surface area contributed by atoms with Crippen molar-refractivity contribution in [2.45, 2.75) is 52.6 Å². The van der Waals surface area contributed by atoms with Gasteiger partial charge in [0.25, 0.3) is 0 Å². The fraction of sp³-hybridized carbons (Fsp3) is 0.600. The van der Waals surface area contributed by atoms with E-state index >= 15 is 0 Å². The fourth-order valence-corrected chi connectivity index (χ4v) is 1.73. The summed E-state index contributed by atoms with van der Waals surface area (Å²) < 4.78 is 5.89. The molecule has 17 heavy (non-hydrogen) atoms. The van der Waals surface area contributed by atoms with Gasteiger partial charge in [0.2, 0.25) is 0 Å². The van der Waals surface area contributed by atoms with Crippen LogP contribution in [0.15, 0.2) is 18.2 Å². The number of hydrogen-bond acceptors (Lipinski definition) is 2. The van der Waals surface area contributed by atoms with E-state index < -0.39 is 0 Å². The van der Waals surface area contributed by atoms with Crippen LogP contribution in [0.3, 0.4) is 0 Å². The van der Waals surface area contributed by atoms with Crippen molar-refractivity contribution in [1.29, 1.82) is 0 Å². The molecule has 0 spiro atoms. The van der Waals surface area contributed by atoms with Crippen LogP contribution in [-0.4, -0.2) is 12.6 Å². The summed E-state index contributed by atoms with van der Waals surface area (Å²) in [5.41, 5.74) is 8.36. The van der Waals surface area contributed by atoms with Gasteiger partial charge in [-0.25, -0.2) is 0 Å². The van der Waals surface area contributed by atoms with Gasteiger partial charge in [-0.2, -0.15) is 0 Å². The molecule has 1 aromatic carbocycles. The molecule has 0 amide bonds. The second kappa shape index (κ2) is 5.54. The molecule has 2 heteroatoms. The first-order chi connectivity index (χ1) is 7.88. The van der Waals surface area contributed by atoms with Gasteiger partial charge in [-0.1, -0.05) is 39.8 Å². The summed E-state index contributed by atoms with van der Waals surface area (Å²) >= 11 is 0. The number of aryl methyl sites for hydroxylation is 1. The summed E-state index contributed by atoms with van der Waals surface area (Å²) in [6, 6.07) is 6.42. The Morgan fingerprint density at radius 2 is 1.94 bits per heavy atom. The van der Waals surface area contributed by atoms with E-state index in [4.69, 9.17) is 10.5 Å². The maximum absolute atomic E-state index is 5.89. The molecule has 0 bridgehead atoms. The Hall–Kier alpha value is -1.02. The highest BCUT2D eigenvalue weighted by atomic mass is 16.5. The molecule has 0 aliphatic carbocycles. The van der Waals surface area contributed by atoms with E-state index in [1.165, 1.54) is 11.1 Å². The number of benzene rings is 1. The van der Waals surface area contributed by atoms with Crippen LogP contribution < -0.4 is 10.5 Å². The van der Waals surface area contributed by atoms with Crippen LogP contribution in [0.4, 0.5) is 0 Å². The number of rotatable bonds is 4. The van der Waals surface area contributed by atoms with Crippen molar-refractivity contribution in [3.05, 3.63) is 29.3 Å². The zero-order valence-electron chi connectivity index (χ0n) is 11.7. The third kappa shape index (κ3) is 3.74. The minimum atomic E-state index is 0.120. The lowest BCUT2D eigenvalue weighted by Crippen LogP contribution is -2.26. The van der Waals surface area contributed by atoms with Crippen molar-refractivity contribution in [1.82, 2.24) is 0 Å². The highest BCUT2D eigenvalue weighted by Gasteiger charge is 2.15. The third-order valence-corrected chi connectivity index (χ3v) is 3.05. The molecule has 0 saturated carbocycles. The Labute approximate surface area is 105 Å². The molecule has 0 fully saturated rings. The van der Waals surface area contributed by atoms with Gasteiger partial charge in [0.05, 0.1) is 0 Å². The summed E-state index contributed by atoms with van der Waals surface area (Å²) in [4.78, 5) is 0. The van der Waals surface area contributed by atoms with E-state index in [0.29, 0.717) is 6.54 Å². The largest absolute Gasteiger partial charge is 0.489 e. The highest BCUT2D eigenvalue weighted by Crippen LogP contribution is 2.28.